The van der Waals surface area contributed by atoms with E-state index >= 15 is 0 Å². The number of hydrogen-bond acceptors (Lipinski definition) is 3. The predicted molar refractivity (Wildman–Crippen MR) is 85.6 cm³/mol. The predicted octanol–water partition coefficient (Wildman–Crippen LogP) is 3.05. The molecule has 1 aliphatic heterocycles. The van der Waals surface area contributed by atoms with E-state index in [4.69, 9.17) is 9.47 Å². The lowest BCUT2D eigenvalue weighted by atomic mass is 10.0. The Morgan fingerprint density at radius 2 is 2.05 bits per heavy atom. The third-order valence-corrected chi connectivity index (χ3v) is 3.88. The Morgan fingerprint density at radius 1 is 1.27 bits per heavy atom. The number of carbonyl (C=O) groups is 1. The van der Waals surface area contributed by atoms with Crippen molar-refractivity contribution in [2.24, 2.45) is 0 Å². The smallest absolute Gasteiger partial charge is 0.224 e. The van der Waals surface area contributed by atoms with E-state index in [-0.39, 0.29) is 11.9 Å². The van der Waals surface area contributed by atoms with Crippen LogP contribution in [0.5, 0.6) is 11.5 Å². The number of hydrogen-bond donors (Lipinski definition) is 0. The summed E-state index contributed by atoms with van der Waals surface area (Å²) in [6, 6.07) is 15.7. The Labute approximate surface area is 130 Å². The normalized spacial score (nSPS) is 16.6. The van der Waals surface area contributed by atoms with Gasteiger partial charge in [-0.25, -0.2) is 0 Å². The van der Waals surface area contributed by atoms with Crippen LogP contribution in [0.2, 0.25) is 0 Å². The first-order valence-corrected chi connectivity index (χ1v) is 7.33. The molecule has 2 aromatic carbocycles. The molecule has 0 saturated carbocycles. The largest absolute Gasteiger partial charge is 0.497 e. The minimum absolute atomic E-state index is 0.0127. The van der Waals surface area contributed by atoms with E-state index in [1.54, 1.807) is 14.0 Å². The van der Waals surface area contributed by atoms with Gasteiger partial charge in [-0.2, -0.15) is 0 Å². The van der Waals surface area contributed by atoms with Crippen molar-refractivity contribution in [3.05, 3.63) is 54.1 Å². The van der Waals surface area contributed by atoms with Gasteiger partial charge in [0, 0.05) is 13.0 Å². The number of rotatable bonds is 3. The molecule has 22 heavy (non-hydrogen) atoms. The van der Waals surface area contributed by atoms with Crippen LogP contribution in [-0.4, -0.2) is 25.7 Å². The highest BCUT2D eigenvalue weighted by Crippen LogP contribution is 2.37. The average Bonchev–Trinajstić information content (AvgIpc) is 2.54. The van der Waals surface area contributed by atoms with Crippen LogP contribution in [0.1, 0.15) is 12.5 Å². The summed E-state index contributed by atoms with van der Waals surface area (Å²) in [5.41, 5.74) is 1.97. The molecule has 0 aliphatic carbocycles. The summed E-state index contributed by atoms with van der Waals surface area (Å²) in [7, 11) is 1.62. The number of nitrogens with zero attached hydrogens (tertiary/aromatic N) is 1. The number of anilines is 1. The third-order valence-electron chi connectivity index (χ3n) is 3.88. The molecule has 0 unspecified atom stereocenters. The SMILES string of the molecule is COc1ccc2c(c1)N(C(C)=O)[C@H](Cc1ccccc1)CO2. The van der Waals surface area contributed by atoms with Crippen molar-refractivity contribution in [2.75, 3.05) is 18.6 Å². The van der Waals surface area contributed by atoms with Gasteiger partial charge < -0.3 is 14.4 Å². The van der Waals surface area contributed by atoms with E-state index in [0.29, 0.717) is 12.4 Å². The fourth-order valence-electron chi connectivity index (χ4n) is 2.85. The van der Waals surface area contributed by atoms with Gasteiger partial charge in [-0.15, -0.1) is 0 Å². The van der Waals surface area contributed by atoms with Crippen LogP contribution in [0.25, 0.3) is 0 Å². The number of fused-ring (bicyclic) bond motifs is 1. The first kappa shape index (κ1) is 14.4. The van der Waals surface area contributed by atoms with Gasteiger partial charge in [-0.1, -0.05) is 30.3 Å². The molecule has 1 aliphatic rings. The van der Waals surface area contributed by atoms with Gasteiger partial charge in [0.05, 0.1) is 18.8 Å². The Morgan fingerprint density at radius 3 is 2.73 bits per heavy atom. The second kappa shape index (κ2) is 6.10. The van der Waals surface area contributed by atoms with Gasteiger partial charge in [0.25, 0.3) is 0 Å². The molecule has 0 spiro atoms. The maximum absolute atomic E-state index is 12.2. The summed E-state index contributed by atoms with van der Waals surface area (Å²) >= 11 is 0. The zero-order valence-corrected chi connectivity index (χ0v) is 12.8. The lowest BCUT2D eigenvalue weighted by Gasteiger charge is -2.36. The van der Waals surface area contributed by atoms with Crippen molar-refractivity contribution in [1.82, 2.24) is 0 Å². The highest BCUT2D eigenvalue weighted by Gasteiger charge is 2.31. The molecule has 1 atom stereocenters. The first-order chi connectivity index (χ1) is 10.7. The van der Waals surface area contributed by atoms with Gasteiger partial charge in [-0.05, 0) is 24.1 Å². The van der Waals surface area contributed by atoms with Crippen molar-refractivity contribution in [3.8, 4) is 11.5 Å². The molecular weight excluding hydrogens is 278 g/mol. The van der Waals surface area contributed by atoms with E-state index in [9.17, 15) is 4.79 Å². The van der Waals surface area contributed by atoms with Crippen LogP contribution in [0.4, 0.5) is 5.69 Å². The van der Waals surface area contributed by atoms with Crippen molar-refractivity contribution in [2.45, 2.75) is 19.4 Å². The molecule has 0 bridgehead atoms. The molecule has 4 heteroatoms. The van der Waals surface area contributed by atoms with E-state index in [2.05, 4.69) is 12.1 Å². The molecule has 3 rings (SSSR count). The molecule has 1 heterocycles. The molecule has 0 radical (unpaired) electrons. The lowest BCUT2D eigenvalue weighted by Crippen LogP contribution is -2.47. The molecule has 2 aromatic rings. The number of carbonyl (C=O) groups excluding carboxylic acids is 1. The second-order valence-corrected chi connectivity index (χ2v) is 5.38. The van der Waals surface area contributed by atoms with Crippen LogP contribution in [0, 0.1) is 0 Å². The van der Waals surface area contributed by atoms with E-state index < -0.39 is 0 Å². The second-order valence-electron chi connectivity index (χ2n) is 5.38. The van der Waals surface area contributed by atoms with Crippen LogP contribution < -0.4 is 14.4 Å². The van der Waals surface area contributed by atoms with E-state index in [1.807, 2.05) is 41.3 Å². The van der Waals surface area contributed by atoms with Crippen LogP contribution in [-0.2, 0) is 11.2 Å². The molecule has 0 fully saturated rings. The van der Waals surface area contributed by atoms with Gasteiger partial charge in [0.15, 0.2) is 0 Å². The highest BCUT2D eigenvalue weighted by atomic mass is 16.5. The lowest BCUT2D eigenvalue weighted by molar-refractivity contribution is -0.117. The van der Waals surface area contributed by atoms with Crippen LogP contribution >= 0.6 is 0 Å². The molecule has 0 N–H and O–H groups in total. The molecule has 114 valence electrons. The van der Waals surface area contributed by atoms with Crippen LogP contribution in [0.3, 0.4) is 0 Å². The number of benzene rings is 2. The minimum atomic E-state index is -0.0143. The van der Waals surface area contributed by atoms with Crippen molar-refractivity contribution in [3.63, 3.8) is 0 Å². The zero-order chi connectivity index (χ0) is 15.5. The standard InChI is InChI=1S/C18H19NO3/c1-13(20)19-15(10-14-6-4-3-5-7-14)12-22-18-9-8-16(21-2)11-17(18)19/h3-9,11,15H,10,12H2,1-2H3/t15-/m1/s1. The first-order valence-electron chi connectivity index (χ1n) is 7.33. The Bertz CT molecular complexity index is 669. The van der Waals surface area contributed by atoms with Crippen molar-refractivity contribution >= 4 is 11.6 Å². The minimum Gasteiger partial charge on any atom is -0.497 e. The monoisotopic (exact) mass is 297 g/mol. The summed E-state index contributed by atoms with van der Waals surface area (Å²) in [5.74, 6) is 1.45. The highest BCUT2D eigenvalue weighted by molar-refractivity contribution is 5.94. The quantitative estimate of drug-likeness (QED) is 0.874. The topological polar surface area (TPSA) is 38.8 Å². The number of amides is 1. The fourth-order valence-corrected chi connectivity index (χ4v) is 2.85. The Hall–Kier alpha value is -2.49. The maximum Gasteiger partial charge on any atom is 0.224 e. The number of ether oxygens (including phenoxy) is 2. The Balaban J connectivity index is 1.94. The van der Waals surface area contributed by atoms with Gasteiger partial charge in [0.2, 0.25) is 5.91 Å². The van der Waals surface area contributed by atoms with E-state index in [1.165, 1.54) is 5.56 Å². The molecule has 0 saturated heterocycles. The maximum atomic E-state index is 12.2. The average molecular weight is 297 g/mol. The molecule has 4 nitrogen and oxygen atoms in total. The summed E-state index contributed by atoms with van der Waals surface area (Å²) in [4.78, 5) is 14.0. The van der Waals surface area contributed by atoms with Crippen molar-refractivity contribution < 1.29 is 14.3 Å². The van der Waals surface area contributed by atoms with E-state index in [0.717, 1.165) is 17.9 Å². The van der Waals surface area contributed by atoms with Gasteiger partial charge in [-0.3, -0.25) is 4.79 Å². The van der Waals surface area contributed by atoms with Gasteiger partial charge >= 0.3 is 0 Å². The molecule has 1 amide bonds. The summed E-state index contributed by atoms with van der Waals surface area (Å²) < 4.78 is 11.1. The molecule has 0 aromatic heterocycles. The Kier molecular flexibility index (Phi) is 4.00. The van der Waals surface area contributed by atoms with Crippen LogP contribution in [0.15, 0.2) is 48.5 Å². The number of methoxy groups -OCH3 is 1. The zero-order valence-electron chi connectivity index (χ0n) is 12.8. The third kappa shape index (κ3) is 2.77. The summed E-state index contributed by atoms with van der Waals surface area (Å²) in [5, 5.41) is 0. The van der Waals surface area contributed by atoms with Crippen molar-refractivity contribution in [1.29, 1.82) is 0 Å². The van der Waals surface area contributed by atoms with Gasteiger partial charge in [0.1, 0.15) is 18.1 Å². The summed E-state index contributed by atoms with van der Waals surface area (Å²) in [6.07, 6.45) is 0.761. The molecular formula is C18H19NO3. The summed E-state index contributed by atoms with van der Waals surface area (Å²) in [6.45, 7) is 2.08. The fraction of sp³-hybridized carbons (Fsp3) is 0.278.